The van der Waals surface area contributed by atoms with Crippen molar-refractivity contribution >= 4 is 0 Å². The Morgan fingerprint density at radius 1 is 1.00 bits per heavy atom. The molecule has 0 atom stereocenters. The van der Waals surface area contributed by atoms with Crippen LogP contribution < -0.4 is 4.74 Å². The number of ether oxygens (including phenoxy) is 1. The monoisotopic (exact) mass is 265 g/mol. The molecule has 0 unspecified atom stereocenters. The lowest BCUT2D eigenvalue weighted by molar-refractivity contribution is 0.479. The fourth-order valence-corrected chi connectivity index (χ4v) is 1.96. The minimum atomic E-state index is 0.125. The molecule has 0 aliphatic rings. The molecule has 0 heterocycles. The van der Waals surface area contributed by atoms with Crippen LogP contribution in [0.3, 0.4) is 0 Å². The van der Waals surface area contributed by atoms with Gasteiger partial charge in [0, 0.05) is 0 Å². The van der Waals surface area contributed by atoms with Crippen LogP contribution in [0.2, 0.25) is 0 Å². The molecule has 0 aromatic heterocycles. The normalized spacial score (nSPS) is 10.9. The molecule has 0 bridgehead atoms. The first-order chi connectivity index (χ1) is 9.40. The van der Waals surface area contributed by atoms with Crippen LogP contribution in [0.25, 0.3) is 0 Å². The smallest absolute Gasteiger partial charge is 0.145 e. The molecule has 0 saturated carbocycles. The molecule has 2 rings (SSSR count). The highest BCUT2D eigenvalue weighted by Gasteiger charge is 2.13. The molecule has 2 heteroatoms. The van der Waals surface area contributed by atoms with Gasteiger partial charge in [-0.2, -0.15) is 5.26 Å². The Morgan fingerprint density at radius 2 is 1.65 bits per heavy atom. The number of rotatable bonds is 2. The van der Waals surface area contributed by atoms with Crippen LogP contribution in [0.1, 0.15) is 37.5 Å². The Hall–Kier alpha value is -2.27. The van der Waals surface area contributed by atoms with E-state index in [0.717, 1.165) is 11.3 Å². The molecule has 0 N–H and O–H groups in total. The Labute approximate surface area is 120 Å². The second-order valence-corrected chi connectivity index (χ2v) is 5.99. The third-order valence-electron chi connectivity index (χ3n) is 3.21. The first-order valence-electron chi connectivity index (χ1n) is 6.69. The van der Waals surface area contributed by atoms with Crippen LogP contribution >= 0.6 is 0 Å². The fraction of sp³-hybridized carbons (Fsp3) is 0.278. The van der Waals surface area contributed by atoms with Crippen LogP contribution in [0, 0.1) is 18.3 Å². The first-order valence-corrected chi connectivity index (χ1v) is 6.69. The molecule has 0 radical (unpaired) electrons. The number of nitriles is 1. The van der Waals surface area contributed by atoms with Crippen molar-refractivity contribution in [3.8, 4) is 17.6 Å². The average Bonchev–Trinajstić information content (AvgIpc) is 2.38. The Balaban J connectivity index is 2.27. The maximum atomic E-state index is 9.11. The van der Waals surface area contributed by atoms with Gasteiger partial charge in [-0.15, -0.1) is 0 Å². The highest BCUT2D eigenvalue weighted by Crippen LogP contribution is 2.29. The minimum Gasteiger partial charge on any atom is -0.456 e. The van der Waals surface area contributed by atoms with Gasteiger partial charge in [0.25, 0.3) is 0 Å². The van der Waals surface area contributed by atoms with E-state index in [2.05, 4.69) is 39.0 Å². The van der Waals surface area contributed by atoms with E-state index >= 15 is 0 Å². The van der Waals surface area contributed by atoms with Crippen molar-refractivity contribution in [3.63, 3.8) is 0 Å². The SMILES string of the molecule is Cc1ccc(C#N)c(Oc2ccc(C(C)(C)C)cc2)c1. The maximum Gasteiger partial charge on any atom is 0.145 e. The van der Waals surface area contributed by atoms with Crippen LogP contribution in [0.4, 0.5) is 0 Å². The van der Waals surface area contributed by atoms with Gasteiger partial charge >= 0.3 is 0 Å². The molecule has 0 fully saturated rings. The number of hydrogen-bond acceptors (Lipinski definition) is 2. The van der Waals surface area contributed by atoms with Crippen LogP contribution in [0.5, 0.6) is 11.5 Å². The van der Waals surface area contributed by atoms with Gasteiger partial charge in [0.05, 0.1) is 5.56 Å². The van der Waals surface area contributed by atoms with Gasteiger partial charge < -0.3 is 4.74 Å². The molecule has 20 heavy (non-hydrogen) atoms. The third kappa shape index (κ3) is 3.19. The summed E-state index contributed by atoms with van der Waals surface area (Å²) in [6.07, 6.45) is 0. The average molecular weight is 265 g/mol. The van der Waals surface area contributed by atoms with Gasteiger partial charge in [-0.25, -0.2) is 0 Å². The second kappa shape index (κ2) is 5.38. The zero-order valence-corrected chi connectivity index (χ0v) is 12.4. The summed E-state index contributed by atoms with van der Waals surface area (Å²) in [5.41, 5.74) is 3.01. The fourth-order valence-electron chi connectivity index (χ4n) is 1.96. The zero-order valence-electron chi connectivity index (χ0n) is 12.4. The molecule has 0 aliphatic carbocycles. The van der Waals surface area contributed by atoms with Crippen molar-refractivity contribution in [2.75, 3.05) is 0 Å². The summed E-state index contributed by atoms with van der Waals surface area (Å²) in [6.45, 7) is 8.52. The van der Waals surface area contributed by atoms with Crippen LogP contribution in [-0.2, 0) is 5.41 Å². The predicted molar refractivity (Wildman–Crippen MR) is 81.1 cm³/mol. The minimum absolute atomic E-state index is 0.125. The van der Waals surface area contributed by atoms with Gasteiger partial charge in [-0.05, 0) is 47.7 Å². The largest absolute Gasteiger partial charge is 0.456 e. The van der Waals surface area contributed by atoms with Crippen molar-refractivity contribution < 1.29 is 4.74 Å². The van der Waals surface area contributed by atoms with E-state index in [1.165, 1.54) is 5.56 Å². The summed E-state index contributed by atoms with van der Waals surface area (Å²) in [6, 6.07) is 15.8. The first kappa shape index (κ1) is 14.1. The van der Waals surface area contributed by atoms with Gasteiger partial charge in [-0.1, -0.05) is 39.0 Å². The van der Waals surface area contributed by atoms with Crippen molar-refractivity contribution in [2.45, 2.75) is 33.1 Å². The van der Waals surface area contributed by atoms with E-state index in [0.29, 0.717) is 11.3 Å². The van der Waals surface area contributed by atoms with Crippen molar-refractivity contribution in [1.82, 2.24) is 0 Å². The molecule has 102 valence electrons. The van der Waals surface area contributed by atoms with Gasteiger partial charge in [0.1, 0.15) is 17.6 Å². The summed E-state index contributed by atoms with van der Waals surface area (Å²) in [7, 11) is 0. The molecule has 2 nitrogen and oxygen atoms in total. The number of nitrogens with zero attached hydrogens (tertiary/aromatic N) is 1. The maximum absolute atomic E-state index is 9.11. The van der Waals surface area contributed by atoms with E-state index in [9.17, 15) is 0 Å². The molecule has 0 amide bonds. The van der Waals surface area contributed by atoms with Crippen LogP contribution in [0.15, 0.2) is 42.5 Å². The molecular weight excluding hydrogens is 246 g/mol. The molecule has 0 aliphatic heterocycles. The summed E-state index contributed by atoms with van der Waals surface area (Å²) < 4.78 is 5.83. The molecule has 0 saturated heterocycles. The lowest BCUT2D eigenvalue weighted by atomic mass is 9.87. The van der Waals surface area contributed by atoms with Crippen molar-refractivity contribution in [2.24, 2.45) is 0 Å². The van der Waals surface area contributed by atoms with Crippen LogP contribution in [-0.4, -0.2) is 0 Å². The van der Waals surface area contributed by atoms with Gasteiger partial charge in [-0.3, -0.25) is 0 Å². The highest BCUT2D eigenvalue weighted by atomic mass is 16.5. The molecule has 2 aromatic carbocycles. The third-order valence-corrected chi connectivity index (χ3v) is 3.21. The lowest BCUT2D eigenvalue weighted by Gasteiger charge is -2.19. The highest BCUT2D eigenvalue weighted by molar-refractivity contribution is 5.47. The van der Waals surface area contributed by atoms with E-state index in [1.54, 1.807) is 6.07 Å². The Morgan fingerprint density at radius 3 is 2.20 bits per heavy atom. The summed E-state index contributed by atoms with van der Waals surface area (Å²) in [5.74, 6) is 1.36. The Bertz CT molecular complexity index is 643. The summed E-state index contributed by atoms with van der Waals surface area (Å²) in [5, 5.41) is 9.11. The topological polar surface area (TPSA) is 33.0 Å². The van der Waals surface area contributed by atoms with Crippen molar-refractivity contribution in [3.05, 3.63) is 59.2 Å². The van der Waals surface area contributed by atoms with Gasteiger partial charge in [0.15, 0.2) is 0 Å². The van der Waals surface area contributed by atoms with E-state index in [-0.39, 0.29) is 5.41 Å². The molecular formula is C18H19NO. The number of aryl methyl sites for hydroxylation is 1. The number of hydrogen-bond donors (Lipinski definition) is 0. The second-order valence-electron chi connectivity index (χ2n) is 5.99. The summed E-state index contributed by atoms with van der Waals surface area (Å²) >= 11 is 0. The lowest BCUT2D eigenvalue weighted by Crippen LogP contribution is -2.10. The molecule has 2 aromatic rings. The summed E-state index contributed by atoms with van der Waals surface area (Å²) in [4.78, 5) is 0. The van der Waals surface area contributed by atoms with E-state index in [1.807, 2.05) is 31.2 Å². The molecule has 0 spiro atoms. The van der Waals surface area contributed by atoms with Crippen molar-refractivity contribution in [1.29, 1.82) is 5.26 Å². The zero-order chi connectivity index (χ0) is 14.8. The number of benzene rings is 2. The predicted octanol–water partition coefficient (Wildman–Crippen LogP) is 4.96. The quantitative estimate of drug-likeness (QED) is 0.769. The Kier molecular flexibility index (Phi) is 3.81. The van der Waals surface area contributed by atoms with Gasteiger partial charge in [0.2, 0.25) is 0 Å². The van der Waals surface area contributed by atoms with E-state index in [4.69, 9.17) is 10.00 Å². The van der Waals surface area contributed by atoms with E-state index < -0.39 is 0 Å². The standard InChI is InChI=1S/C18H19NO/c1-13-5-6-14(12-19)17(11-13)20-16-9-7-15(8-10-16)18(2,3)4/h5-11H,1-4H3.